The van der Waals surface area contributed by atoms with Gasteiger partial charge in [-0.2, -0.15) is 0 Å². The number of hydrogen-bond acceptors (Lipinski definition) is 5. The molecule has 2 aromatic carbocycles. The zero-order valence-electron chi connectivity index (χ0n) is 14.1. The number of hydrogen-bond donors (Lipinski definition) is 0. The van der Waals surface area contributed by atoms with E-state index >= 15 is 0 Å². The Morgan fingerprint density at radius 2 is 1.58 bits per heavy atom. The van der Waals surface area contributed by atoms with Gasteiger partial charge in [0.1, 0.15) is 17.4 Å². The first-order valence-corrected chi connectivity index (χ1v) is 9.06. The minimum Gasteiger partial charge on any atom is -0.450 e. The van der Waals surface area contributed by atoms with Crippen molar-refractivity contribution in [1.29, 1.82) is 0 Å². The third-order valence-electron chi connectivity index (χ3n) is 4.91. The first-order chi connectivity index (χ1) is 12.8. The lowest BCUT2D eigenvalue weighted by atomic mass is 10.2. The Bertz CT molecular complexity index is 1090. The average molecular weight is 365 g/mol. The Morgan fingerprint density at radius 3 is 2.42 bits per heavy atom. The second-order valence-corrected chi connectivity index (χ2v) is 6.81. The van der Waals surface area contributed by atoms with Crippen LogP contribution in [-0.4, -0.2) is 36.1 Å². The second kappa shape index (κ2) is 6.18. The highest BCUT2D eigenvalue weighted by Gasteiger charge is 2.23. The van der Waals surface area contributed by atoms with Crippen molar-refractivity contribution in [3.05, 3.63) is 59.9 Å². The van der Waals surface area contributed by atoms with Crippen LogP contribution < -0.4 is 9.80 Å². The molecule has 1 aliphatic heterocycles. The summed E-state index contributed by atoms with van der Waals surface area (Å²) in [6.45, 7) is 3.48. The number of piperazine rings is 1. The van der Waals surface area contributed by atoms with Crippen LogP contribution in [0, 0.1) is 0 Å². The fourth-order valence-electron chi connectivity index (χ4n) is 3.60. The molecule has 5 nitrogen and oxygen atoms in total. The summed E-state index contributed by atoms with van der Waals surface area (Å²) in [5.74, 6) is 0.866. The number of nitrogens with zero attached hydrogens (tertiary/aromatic N) is 4. The van der Waals surface area contributed by atoms with E-state index in [1.807, 2.05) is 42.5 Å². The molecule has 0 bridgehead atoms. The molecule has 2 aromatic heterocycles. The zero-order valence-corrected chi connectivity index (χ0v) is 14.9. The molecule has 0 aliphatic carbocycles. The van der Waals surface area contributed by atoms with Gasteiger partial charge in [0.05, 0.1) is 10.7 Å². The summed E-state index contributed by atoms with van der Waals surface area (Å²) >= 11 is 6.34. The van der Waals surface area contributed by atoms with Crippen LogP contribution in [0.2, 0.25) is 5.02 Å². The van der Waals surface area contributed by atoms with E-state index in [4.69, 9.17) is 16.0 Å². The number of rotatable bonds is 2. The van der Waals surface area contributed by atoms with E-state index in [0.29, 0.717) is 0 Å². The van der Waals surface area contributed by atoms with E-state index < -0.39 is 0 Å². The lowest BCUT2D eigenvalue weighted by Gasteiger charge is -2.36. The lowest BCUT2D eigenvalue weighted by Crippen LogP contribution is -2.47. The molecule has 0 N–H and O–H groups in total. The number of aromatic nitrogens is 2. The third-order valence-corrected chi connectivity index (χ3v) is 5.23. The standard InChI is InChI=1S/C20H17ClN4O/c21-15-6-2-3-7-16(15)24-9-11-25(12-10-24)20-19-18(22-13-23-20)14-5-1-4-8-17(14)26-19/h1-8,13H,9-12H2. The molecule has 26 heavy (non-hydrogen) atoms. The molecular formula is C20H17ClN4O. The van der Waals surface area contributed by atoms with E-state index in [1.165, 1.54) is 0 Å². The molecule has 0 amide bonds. The zero-order chi connectivity index (χ0) is 17.5. The molecule has 4 aromatic rings. The monoisotopic (exact) mass is 364 g/mol. The molecule has 1 aliphatic rings. The Labute approximate surface area is 155 Å². The van der Waals surface area contributed by atoms with Crippen LogP contribution in [0.5, 0.6) is 0 Å². The minimum atomic E-state index is 0.764. The molecule has 1 saturated heterocycles. The Hall–Kier alpha value is -2.79. The van der Waals surface area contributed by atoms with Crippen LogP contribution in [0.4, 0.5) is 11.5 Å². The molecule has 0 saturated carbocycles. The second-order valence-electron chi connectivity index (χ2n) is 6.40. The van der Waals surface area contributed by atoms with Gasteiger partial charge in [-0.25, -0.2) is 9.97 Å². The number of anilines is 2. The van der Waals surface area contributed by atoms with Crippen molar-refractivity contribution in [2.24, 2.45) is 0 Å². The van der Waals surface area contributed by atoms with Crippen LogP contribution in [0.25, 0.3) is 22.1 Å². The van der Waals surface area contributed by atoms with Crippen molar-refractivity contribution >= 4 is 45.2 Å². The van der Waals surface area contributed by atoms with E-state index in [1.54, 1.807) is 6.33 Å². The Kier molecular flexibility index (Phi) is 3.68. The van der Waals surface area contributed by atoms with Gasteiger partial charge >= 0.3 is 0 Å². The van der Waals surface area contributed by atoms with Gasteiger partial charge in [0.15, 0.2) is 11.4 Å². The molecular weight excluding hydrogens is 348 g/mol. The van der Waals surface area contributed by atoms with E-state index in [0.717, 1.165) is 64.8 Å². The van der Waals surface area contributed by atoms with Crippen molar-refractivity contribution < 1.29 is 4.42 Å². The molecule has 0 radical (unpaired) electrons. The van der Waals surface area contributed by atoms with Gasteiger partial charge in [0, 0.05) is 31.6 Å². The topological polar surface area (TPSA) is 45.4 Å². The summed E-state index contributed by atoms with van der Waals surface area (Å²) < 4.78 is 6.07. The van der Waals surface area contributed by atoms with Crippen molar-refractivity contribution in [3.63, 3.8) is 0 Å². The molecule has 3 heterocycles. The summed E-state index contributed by atoms with van der Waals surface area (Å²) in [6, 6.07) is 16.0. The highest BCUT2D eigenvalue weighted by Crippen LogP contribution is 2.33. The molecule has 6 heteroatoms. The first kappa shape index (κ1) is 15.5. The Balaban J connectivity index is 1.46. The van der Waals surface area contributed by atoms with E-state index in [-0.39, 0.29) is 0 Å². The summed E-state index contributed by atoms with van der Waals surface area (Å²) in [5.41, 5.74) is 3.57. The van der Waals surface area contributed by atoms with E-state index in [9.17, 15) is 0 Å². The number of halogens is 1. The van der Waals surface area contributed by atoms with Crippen LogP contribution in [-0.2, 0) is 0 Å². The van der Waals surface area contributed by atoms with Crippen molar-refractivity contribution in [2.45, 2.75) is 0 Å². The van der Waals surface area contributed by atoms with Gasteiger partial charge < -0.3 is 14.2 Å². The number of furan rings is 1. The van der Waals surface area contributed by atoms with Gasteiger partial charge in [-0.1, -0.05) is 35.9 Å². The quantitative estimate of drug-likeness (QED) is 0.529. The normalized spacial score (nSPS) is 15.1. The number of fused-ring (bicyclic) bond motifs is 3. The fraction of sp³-hybridized carbons (Fsp3) is 0.200. The summed E-state index contributed by atoms with van der Waals surface area (Å²) in [6.07, 6.45) is 1.63. The van der Waals surface area contributed by atoms with Gasteiger partial charge in [-0.05, 0) is 24.3 Å². The molecule has 0 unspecified atom stereocenters. The first-order valence-electron chi connectivity index (χ1n) is 8.68. The third kappa shape index (κ3) is 2.47. The Morgan fingerprint density at radius 1 is 0.846 bits per heavy atom. The largest absolute Gasteiger partial charge is 0.450 e. The predicted octanol–water partition coefficient (Wildman–Crippen LogP) is 4.36. The highest BCUT2D eigenvalue weighted by molar-refractivity contribution is 6.33. The molecule has 1 fully saturated rings. The van der Waals surface area contributed by atoms with Crippen LogP contribution >= 0.6 is 11.6 Å². The summed E-state index contributed by atoms with van der Waals surface area (Å²) in [5, 5.41) is 1.82. The maximum Gasteiger partial charge on any atom is 0.196 e. The van der Waals surface area contributed by atoms with Crippen molar-refractivity contribution in [1.82, 2.24) is 9.97 Å². The van der Waals surface area contributed by atoms with Crippen LogP contribution in [0.15, 0.2) is 59.3 Å². The SMILES string of the molecule is Clc1ccccc1N1CCN(c2ncnc3c2oc2ccccc23)CC1. The van der Waals surface area contributed by atoms with Crippen molar-refractivity contribution in [2.75, 3.05) is 36.0 Å². The summed E-state index contributed by atoms with van der Waals surface area (Å²) in [7, 11) is 0. The van der Waals surface area contributed by atoms with Gasteiger partial charge in [-0.3, -0.25) is 0 Å². The fourth-order valence-corrected chi connectivity index (χ4v) is 3.86. The predicted molar refractivity (Wildman–Crippen MR) is 105 cm³/mol. The van der Waals surface area contributed by atoms with Crippen LogP contribution in [0.3, 0.4) is 0 Å². The molecule has 0 atom stereocenters. The van der Waals surface area contributed by atoms with Gasteiger partial charge in [0.2, 0.25) is 0 Å². The number of para-hydroxylation sites is 2. The lowest BCUT2D eigenvalue weighted by molar-refractivity contribution is 0.629. The molecule has 130 valence electrons. The maximum absolute atomic E-state index is 6.34. The van der Waals surface area contributed by atoms with Crippen LogP contribution in [0.1, 0.15) is 0 Å². The average Bonchev–Trinajstić information content (AvgIpc) is 3.07. The maximum atomic E-state index is 6.34. The smallest absolute Gasteiger partial charge is 0.196 e. The van der Waals surface area contributed by atoms with Gasteiger partial charge in [-0.15, -0.1) is 0 Å². The number of benzene rings is 2. The van der Waals surface area contributed by atoms with Crippen molar-refractivity contribution in [3.8, 4) is 0 Å². The minimum absolute atomic E-state index is 0.764. The summed E-state index contributed by atoms with van der Waals surface area (Å²) in [4.78, 5) is 13.5. The molecule has 5 rings (SSSR count). The molecule has 0 spiro atoms. The van der Waals surface area contributed by atoms with Gasteiger partial charge in [0.25, 0.3) is 0 Å². The van der Waals surface area contributed by atoms with E-state index in [2.05, 4.69) is 25.8 Å². The highest BCUT2D eigenvalue weighted by atomic mass is 35.5.